The molecule has 0 unspecified atom stereocenters. The van der Waals surface area contributed by atoms with Crippen molar-refractivity contribution in [3.63, 3.8) is 0 Å². The van der Waals surface area contributed by atoms with Crippen molar-refractivity contribution in [2.75, 3.05) is 12.4 Å². The fraction of sp³-hybridized carbons (Fsp3) is 0.0714. The molecule has 2 aromatic rings. The first-order valence-electron chi connectivity index (χ1n) is 5.22. The molecule has 0 amide bonds. The van der Waals surface area contributed by atoms with E-state index in [-0.39, 0.29) is 5.82 Å². The number of anilines is 1. The zero-order valence-corrected chi connectivity index (χ0v) is 10.3. The van der Waals surface area contributed by atoms with Crippen LogP contribution in [-0.4, -0.2) is 12.0 Å². The number of rotatable bonds is 3. The fourth-order valence-electron chi connectivity index (χ4n) is 1.71. The zero-order valence-electron chi connectivity index (χ0n) is 9.31. The van der Waals surface area contributed by atoms with Gasteiger partial charge in [0.1, 0.15) is 0 Å². The molecule has 0 radical (unpaired) electrons. The number of hydrogen-bond acceptors (Lipinski definition) is 1. The van der Waals surface area contributed by atoms with Gasteiger partial charge in [0.25, 0.3) is 0 Å². The molecule has 0 aliphatic rings. The van der Waals surface area contributed by atoms with Crippen LogP contribution in [-0.2, 0) is 15.0 Å². The van der Waals surface area contributed by atoms with Gasteiger partial charge in [0.05, 0.1) is 0 Å². The summed E-state index contributed by atoms with van der Waals surface area (Å²) in [7, 11) is 1.85. The molecule has 0 saturated heterocycles. The van der Waals surface area contributed by atoms with Crippen LogP contribution in [0.1, 0.15) is 5.56 Å². The van der Waals surface area contributed by atoms with E-state index in [1.165, 1.54) is 12.1 Å². The summed E-state index contributed by atoms with van der Waals surface area (Å²) in [6, 6.07) is 12.4. The maximum absolute atomic E-state index is 13.2. The van der Waals surface area contributed by atoms with Crippen molar-refractivity contribution in [2.45, 2.75) is 0 Å². The molecule has 3 heteroatoms. The normalized spacial score (nSPS) is 10.1. The van der Waals surface area contributed by atoms with Crippen molar-refractivity contribution in [3.05, 3.63) is 53.8 Å². The summed E-state index contributed by atoms with van der Waals surface area (Å²) >= 11 is 4.70. The van der Waals surface area contributed by atoms with E-state index in [1.807, 2.05) is 31.3 Å². The Balaban J connectivity index is 2.55. The summed E-state index contributed by atoms with van der Waals surface area (Å²) in [5.74, 6) is -0.237. The van der Waals surface area contributed by atoms with Gasteiger partial charge >= 0.3 is 107 Å². The molecule has 0 bridgehead atoms. The molecule has 0 aliphatic carbocycles. The standard InChI is InChI=1S/C14H12FN.Ni/c1-10-8-13(16-2)6-7-14(10)11-4-3-5-12(15)9-11;/h1,3-9,16H,2H3;. The summed E-state index contributed by atoms with van der Waals surface area (Å²) in [6.07, 6.45) is 0. The van der Waals surface area contributed by atoms with Crippen molar-refractivity contribution >= 4 is 10.7 Å². The van der Waals surface area contributed by atoms with Gasteiger partial charge in [-0.2, -0.15) is 0 Å². The molecule has 2 aromatic carbocycles. The number of halogens is 1. The Morgan fingerprint density at radius 3 is 2.65 bits per heavy atom. The van der Waals surface area contributed by atoms with Crippen LogP contribution in [0.2, 0.25) is 0 Å². The third-order valence-corrected chi connectivity index (χ3v) is 2.88. The Kier molecular flexibility index (Phi) is 3.70. The van der Waals surface area contributed by atoms with E-state index >= 15 is 0 Å². The van der Waals surface area contributed by atoms with Crippen molar-refractivity contribution in [3.8, 4) is 11.1 Å². The molecule has 0 aliphatic heterocycles. The average molecular weight is 272 g/mol. The summed E-state index contributed by atoms with van der Waals surface area (Å²) in [4.78, 5) is 1.65. The first kappa shape index (κ1) is 12.0. The summed E-state index contributed by atoms with van der Waals surface area (Å²) < 4.78 is 13.2. The van der Waals surface area contributed by atoms with Crippen LogP contribution < -0.4 is 5.32 Å². The van der Waals surface area contributed by atoms with Gasteiger partial charge in [-0.3, -0.25) is 0 Å². The van der Waals surface area contributed by atoms with E-state index in [0.717, 1.165) is 22.4 Å². The Morgan fingerprint density at radius 1 is 1.18 bits per heavy atom. The molecule has 0 atom stereocenters. The zero-order chi connectivity index (χ0) is 12.3. The molecular weight excluding hydrogens is 260 g/mol. The van der Waals surface area contributed by atoms with Crippen LogP contribution in [0.15, 0.2) is 42.5 Å². The van der Waals surface area contributed by atoms with Crippen LogP contribution >= 0.6 is 0 Å². The second-order valence-electron chi connectivity index (χ2n) is 3.65. The molecule has 1 nitrogen and oxygen atoms in total. The quantitative estimate of drug-likeness (QED) is 0.846. The number of benzene rings is 2. The molecular formula is C14H12FNNi. The topological polar surface area (TPSA) is 12.0 Å². The summed E-state index contributed by atoms with van der Waals surface area (Å²) in [6.45, 7) is 0. The molecule has 2 rings (SSSR count). The Morgan fingerprint density at radius 2 is 2.00 bits per heavy atom. The first-order valence-corrected chi connectivity index (χ1v) is 5.79. The van der Waals surface area contributed by atoms with E-state index in [2.05, 4.69) is 5.32 Å². The predicted molar refractivity (Wildman–Crippen MR) is 66.5 cm³/mol. The minimum absolute atomic E-state index is 0.237. The van der Waals surface area contributed by atoms with E-state index in [9.17, 15) is 4.39 Å². The van der Waals surface area contributed by atoms with Gasteiger partial charge in [-0.25, -0.2) is 0 Å². The van der Waals surface area contributed by atoms with Gasteiger partial charge < -0.3 is 0 Å². The molecule has 90 valence electrons. The van der Waals surface area contributed by atoms with Gasteiger partial charge in [0.15, 0.2) is 0 Å². The first-order chi connectivity index (χ1) is 8.24. The van der Waals surface area contributed by atoms with E-state index in [0.29, 0.717) is 0 Å². The van der Waals surface area contributed by atoms with Crippen LogP contribution in [0.25, 0.3) is 11.1 Å². The third kappa shape index (κ3) is 2.62. The van der Waals surface area contributed by atoms with E-state index in [4.69, 9.17) is 15.0 Å². The summed E-state index contributed by atoms with van der Waals surface area (Å²) in [5, 5.41) is 3.06. The van der Waals surface area contributed by atoms with Gasteiger partial charge in [0, 0.05) is 0 Å². The van der Waals surface area contributed by atoms with Crippen molar-refractivity contribution in [1.82, 2.24) is 0 Å². The second-order valence-corrected chi connectivity index (χ2v) is 3.94. The summed E-state index contributed by atoms with van der Waals surface area (Å²) in [5.41, 5.74) is 3.72. The predicted octanol–water partition coefficient (Wildman–Crippen LogP) is 3.23. The van der Waals surface area contributed by atoms with Crippen LogP contribution in [0.4, 0.5) is 10.1 Å². The van der Waals surface area contributed by atoms with Crippen LogP contribution in [0.3, 0.4) is 0 Å². The monoisotopic (exact) mass is 271 g/mol. The average Bonchev–Trinajstić information content (AvgIpc) is 2.38. The van der Waals surface area contributed by atoms with Crippen molar-refractivity contribution in [2.24, 2.45) is 0 Å². The third-order valence-electron chi connectivity index (χ3n) is 2.57. The molecule has 0 heterocycles. The van der Waals surface area contributed by atoms with Gasteiger partial charge in [0.2, 0.25) is 0 Å². The molecule has 0 spiro atoms. The van der Waals surface area contributed by atoms with E-state index in [1.54, 1.807) is 11.1 Å². The number of hydrogen-bond donors (Lipinski definition) is 1. The van der Waals surface area contributed by atoms with Crippen LogP contribution in [0, 0.1) is 5.82 Å². The number of nitrogens with one attached hydrogen (secondary N) is 1. The Hall–Kier alpha value is -1.47. The van der Waals surface area contributed by atoms with E-state index < -0.39 is 0 Å². The van der Waals surface area contributed by atoms with Crippen molar-refractivity contribution in [1.29, 1.82) is 0 Å². The van der Waals surface area contributed by atoms with Gasteiger partial charge in [-0.1, -0.05) is 0 Å². The van der Waals surface area contributed by atoms with Gasteiger partial charge in [-0.05, 0) is 0 Å². The fourth-order valence-corrected chi connectivity index (χ4v) is 1.95. The maximum atomic E-state index is 13.2. The molecule has 1 N–H and O–H groups in total. The molecule has 0 aromatic heterocycles. The Bertz CT molecular complexity index is 552. The Labute approximate surface area is 108 Å². The van der Waals surface area contributed by atoms with Crippen LogP contribution in [0.5, 0.6) is 0 Å². The molecule has 0 saturated carbocycles. The van der Waals surface area contributed by atoms with Gasteiger partial charge in [-0.15, -0.1) is 0 Å². The minimum atomic E-state index is -0.237. The van der Waals surface area contributed by atoms with Crippen molar-refractivity contribution < 1.29 is 19.4 Å². The molecule has 17 heavy (non-hydrogen) atoms. The second kappa shape index (κ2) is 5.24. The SMILES string of the molecule is CNc1ccc(-c2cccc(F)c2)c([CH]=[Ni])c1. The molecule has 0 fully saturated rings.